The predicted octanol–water partition coefficient (Wildman–Crippen LogP) is 5.32. The molecule has 1 fully saturated rings. The van der Waals surface area contributed by atoms with E-state index in [4.69, 9.17) is 33.0 Å². The molecule has 6 nitrogen and oxygen atoms in total. The first-order valence-electron chi connectivity index (χ1n) is 11.3. The second-order valence-electron chi connectivity index (χ2n) is 8.89. The number of nitriles is 1. The molecule has 4 rings (SSSR count). The Labute approximate surface area is 209 Å². The van der Waals surface area contributed by atoms with Crippen LogP contribution >= 0.6 is 23.2 Å². The van der Waals surface area contributed by atoms with Crippen molar-refractivity contribution in [3.63, 3.8) is 0 Å². The largest absolute Gasteiger partial charge is 0.480 e. The van der Waals surface area contributed by atoms with Crippen LogP contribution in [0.25, 0.3) is 10.9 Å². The number of benzene rings is 2. The first kappa shape index (κ1) is 24.6. The molecule has 8 heteroatoms. The summed E-state index contributed by atoms with van der Waals surface area (Å²) in [7, 11) is 2.00. The molecule has 0 saturated carbocycles. The number of aryl methyl sites for hydroxylation is 2. The number of hydrogen-bond acceptors (Lipinski definition) is 4. The number of rotatable bonds is 7. The first-order chi connectivity index (χ1) is 16.3. The summed E-state index contributed by atoms with van der Waals surface area (Å²) in [6, 6.07) is 12.1. The van der Waals surface area contributed by atoms with Crippen molar-refractivity contribution in [1.29, 1.82) is 5.26 Å². The fourth-order valence-electron chi connectivity index (χ4n) is 4.67. The molecule has 0 radical (unpaired) electrons. The molecule has 1 aliphatic heterocycles. The van der Waals surface area contributed by atoms with Crippen molar-refractivity contribution in [2.24, 2.45) is 7.05 Å². The molecule has 1 N–H and O–H groups in total. The van der Waals surface area contributed by atoms with Crippen LogP contribution in [0.1, 0.15) is 40.8 Å². The number of nitrogens with zero attached hydrogens (tertiary/aromatic N) is 3. The summed E-state index contributed by atoms with van der Waals surface area (Å²) in [5, 5.41) is 20.6. The van der Waals surface area contributed by atoms with E-state index in [0.717, 1.165) is 59.2 Å². The van der Waals surface area contributed by atoms with Crippen molar-refractivity contribution in [2.75, 3.05) is 19.7 Å². The van der Waals surface area contributed by atoms with Crippen LogP contribution in [0.3, 0.4) is 0 Å². The van der Waals surface area contributed by atoms with Crippen LogP contribution in [0.15, 0.2) is 30.3 Å². The van der Waals surface area contributed by atoms with Gasteiger partial charge < -0.3 is 14.4 Å². The third kappa shape index (κ3) is 5.24. The van der Waals surface area contributed by atoms with Crippen molar-refractivity contribution >= 4 is 40.1 Å². The van der Waals surface area contributed by atoms with Gasteiger partial charge in [0, 0.05) is 54.7 Å². The molecule has 34 heavy (non-hydrogen) atoms. The molecule has 0 bridgehead atoms. The molecule has 0 unspecified atom stereocenters. The average molecular weight is 500 g/mol. The zero-order valence-electron chi connectivity index (χ0n) is 19.3. The summed E-state index contributed by atoms with van der Waals surface area (Å²) < 4.78 is 7.54. The highest BCUT2D eigenvalue weighted by Crippen LogP contribution is 2.33. The molecule has 1 saturated heterocycles. The second-order valence-corrected chi connectivity index (χ2v) is 9.67. The minimum atomic E-state index is -0.935. The number of aromatic nitrogens is 1. The summed E-state index contributed by atoms with van der Waals surface area (Å²) in [6.45, 7) is 4.12. The summed E-state index contributed by atoms with van der Waals surface area (Å²) in [5.74, 6) is -0.935. The van der Waals surface area contributed by atoms with Crippen molar-refractivity contribution < 1.29 is 14.6 Å². The lowest BCUT2D eigenvalue weighted by molar-refractivity contribution is -0.145. The number of halogens is 2. The number of ether oxygens (including phenoxy) is 1. The topological polar surface area (TPSA) is 78.5 Å². The van der Waals surface area contributed by atoms with Crippen molar-refractivity contribution in [3.05, 3.63) is 68.3 Å². The molecule has 0 spiro atoms. The van der Waals surface area contributed by atoms with Crippen LogP contribution in [0, 0.1) is 18.3 Å². The smallest absolute Gasteiger partial charge is 0.329 e. The number of aliphatic carboxylic acids is 1. The lowest BCUT2D eigenvalue weighted by Crippen LogP contribution is -2.37. The number of piperidine rings is 1. The Bertz CT molecular complexity index is 1270. The number of fused-ring (bicyclic) bond motifs is 1. The molecule has 1 aromatic heterocycles. The normalized spacial score (nSPS) is 15.0. The van der Waals surface area contributed by atoms with E-state index in [1.54, 1.807) is 0 Å². The standard InChI is InChI=1S/C26H27Cl2N3O3/c1-16-9-17(13-29)10-24-21(16)11-19(30(24)2)12-22-23(27)4-3-18(26(22)28)14-31-7-5-20(6-8-31)34-15-25(32)33/h3-4,9-11,20H,5-8,12,14-15H2,1-2H3,(H,32,33). The maximum atomic E-state index is 10.7. The quantitative estimate of drug-likeness (QED) is 0.475. The van der Waals surface area contributed by atoms with E-state index in [9.17, 15) is 10.1 Å². The van der Waals surface area contributed by atoms with Crippen LogP contribution in [0.4, 0.5) is 0 Å². The molecule has 0 amide bonds. The van der Waals surface area contributed by atoms with Crippen molar-refractivity contribution in [2.45, 2.75) is 38.8 Å². The van der Waals surface area contributed by atoms with Gasteiger partial charge in [-0.3, -0.25) is 4.90 Å². The van der Waals surface area contributed by atoms with Gasteiger partial charge >= 0.3 is 5.97 Å². The molecule has 0 aliphatic carbocycles. The summed E-state index contributed by atoms with van der Waals surface area (Å²) >= 11 is 13.5. The van der Waals surface area contributed by atoms with E-state index in [1.807, 2.05) is 38.2 Å². The number of likely N-dealkylation sites (tertiary alicyclic amines) is 1. The van der Waals surface area contributed by atoms with E-state index in [-0.39, 0.29) is 12.7 Å². The second kappa shape index (κ2) is 10.4. The molecule has 3 aromatic rings. The van der Waals surface area contributed by atoms with Gasteiger partial charge in [0.25, 0.3) is 0 Å². The van der Waals surface area contributed by atoms with Gasteiger partial charge in [-0.25, -0.2) is 4.79 Å². The zero-order valence-corrected chi connectivity index (χ0v) is 20.8. The highest BCUT2D eigenvalue weighted by atomic mass is 35.5. The maximum Gasteiger partial charge on any atom is 0.329 e. The monoisotopic (exact) mass is 499 g/mol. The Kier molecular flexibility index (Phi) is 7.49. The van der Waals surface area contributed by atoms with E-state index >= 15 is 0 Å². The van der Waals surface area contributed by atoms with Crippen molar-refractivity contribution in [1.82, 2.24) is 9.47 Å². The number of carboxylic acid groups (broad SMARTS) is 1. The molecular formula is C26H27Cl2N3O3. The summed E-state index contributed by atoms with van der Waals surface area (Å²) in [5.41, 5.74) is 5.72. The van der Waals surface area contributed by atoms with Gasteiger partial charge in [0.15, 0.2) is 0 Å². The first-order valence-corrected chi connectivity index (χ1v) is 12.0. The minimum absolute atomic E-state index is 0.0138. The fourth-order valence-corrected chi connectivity index (χ4v) is 5.24. The van der Waals surface area contributed by atoms with E-state index in [0.29, 0.717) is 28.6 Å². The summed E-state index contributed by atoms with van der Waals surface area (Å²) in [6.07, 6.45) is 2.17. The summed E-state index contributed by atoms with van der Waals surface area (Å²) in [4.78, 5) is 13.0. The molecule has 2 heterocycles. The SMILES string of the molecule is Cc1cc(C#N)cc2c1cc(Cc1c(Cl)ccc(CN3CCC(OCC(=O)O)CC3)c1Cl)n2C. The molecule has 1 aliphatic rings. The number of carbonyl (C=O) groups is 1. The minimum Gasteiger partial charge on any atom is -0.480 e. The third-order valence-electron chi connectivity index (χ3n) is 6.59. The molecule has 0 atom stereocenters. The number of hydrogen-bond donors (Lipinski definition) is 1. The number of carboxylic acids is 1. The Morgan fingerprint density at radius 3 is 2.65 bits per heavy atom. The fraction of sp³-hybridized carbons (Fsp3) is 0.385. The van der Waals surface area contributed by atoms with Gasteiger partial charge in [-0.2, -0.15) is 5.26 Å². The Hall–Kier alpha value is -2.56. The Balaban J connectivity index is 1.52. The van der Waals surface area contributed by atoms with Crippen LogP contribution in [-0.2, 0) is 29.5 Å². The van der Waals surface area contributed by atoms with Crippen molar-refractivity contribution in [3.8, 4) is 6.07 Å². The van der Waals surface area contributed by atoms with E-state index in [2.05, 4.69) is 21.6 Å². The Morgan fingerprint density at radius 2 is 1.97 bits per heavy atom. The third-order valence-corrected chi connectivity index (χ3v) is 7.42. The zero-order chi connectivity index (χ0) is 24.4. The molecule has 2 aromatic carbocycles. The highest BCUT2D eigenvalue weighted by molar-refractivity contribution is 6.36. The van der Waals surface area contributed by atoms with Crippen LogP contribution in [0.2, 0.25) is 10.0 Å². The van der Waals surface area contributed by atoms with Gasteiger partial charge in [0.2, 0.25) is 0 Å². The van der Waals surface area contributed by atoms with Crippen LogP contribution < -0.4 is 0 Å². The molecular weight excluding hydrogens is 473 g/mol. The van der Waals surface area contributed by atoms with E-state index < -0.39 is 5.97 Å². The predicted molar refractivity (Wildman–Crippen MR) is 134 cm³/mol. The lowest BCUT2D eigenvalue weighted by Gasteiger charge is -2.32. The van der Waals surface area contributed by atoms with Gasteiger partial charge in [-0.15, -0.1) is 0 Å². The van der Waals surface area contributed by atoms with Gasteiger partial charge in [0.05, 0.1) is 22.8 Å². The van der Waals surface area contributed by atoms with Crippen LogP contribution in [0.5, 0.6) is 0 Å². The van der Waals surface area contributed by atoms with Gasteiger partial charge in [0.1, 0.15) is 6.61 Å². The maximum absolute atomic E-state index is 10.7. The van der Waals surface area contributed by atoms with E-state index in [1.165, 1.54) is 0 Å². The Morgan fingerprint density at radius 1 is 1.24 bits per heavy atom. The highest BCUT2D eigenvalue weighted by Gasteiger charge is 2.22. The van der Waals surface area contributed by atoms with Gasteiger partial charge in [-0.05, 0) is 60.7 Å². The molecule has 178 valence electrons. The average Bonchev–Trinajstić information content (AvgIpc) is 3.13. The van der Waals surface area contributed by atoms with Crippen LogP contribution in [-0.4, -0.2) is 46.3 Å². The van der Waals surface area contributed by atoms with Gasteiger partial charge in [-0.1, -0.05) is 29.3 Å². The lowest BCUT2D eigenvalue weighted by atomic mass is 10.0.